The first-order chi connectivity index (χ1) is 7.68. The zero-order chi connectivity index (χ0) is 11.5. The molecule has 16 heavy (non-hydrogen) atoms. The lowest BCUT2D eigenvalue weighted by atomic mass is 9.84. The van der Waals surface area contributed by atoms with Crippen LogP contribution in [0.15, 0.2) is 0 Å². The molecule has 5 heteroatoms. The summed E-state index contributed by atoms with van der Waals surface area (Å²) in [5.74, 6) is -0.0642. The van der Waals surface area contributed by atoms with Crippen molar-refractivity contribution in [1.29, 1.82) is 0 Å². The van der Waals surface area contributed by atoms with Gasteiger partial charge in [-0.1, -0.05) is 12.8 Å². The van der Waals surface area contributed by atoms with Crippen LogP contribution in [0.3, 0.4) is 0 Å². The van der Waals surface area contributed by atoms with E-state index in [9.17, 15) is 9.59 Å². The molecule has 2 unspecified atom stereocenters. The zero-order valence-corrected chi connectivity index (χ0v) is 9.45. The number of carbonyl (C=O) groups excluding carboxylic acids is 2. The van der Waals surface area contributed by atoms with Crippen LogP contribution in [-0.4, -0.2) is 42.4 Å². The maximum Gasteiger partial charge on any atom is 0.239 e. The second-order valence-electron chi connectivity index (χ2n) is 4.66. The Bertz CT molecular complexity index is 293. The van der Waals surface area contributed by atoms with Crippen LogP contribution in [0.2, 0.25) is 0 Å². The van der Waals surface area contributed by atoms with Crippen molar-refractivity contribution >= 4 is 11.8 Å². The predicted molar refractivity (Wildman–Crippen MR) is 59.5 cm³/mol. The third kappa shape index (κ3) is 2.35. The molecule has 2 fully saturated rings. The van der Waals surface area contributed by atoms with Gasteiger partial charge in [-0.2, -0.15) is 0 Å². The summed E-state index contributed by atoms with van der Waals surface area (Å²) in [7, 11) is 0. The van der Waals surface area contributed by atoms with E-state index in [1.54, 1.807) is 4.90 Å². The number of nitrogens with zero attached hydrogens (tertiary/aromatic N) is 1. The number of rotatable bonds is 1. The minimum Gasteiger partial charge on any atom is -0.353 e. The first-order valence-corrected chi connectivity index (χ1v) is 5.99. The van der Waals surface area contributed by atoms with E-state index in [2.05, 4.69) is 5.32 Å². The third-order valence-electron chi connectivity index (χ3n) is 3.49. The van der Waals surface area contributed by atoms with Gasteiger partial charge in [-0.25, -0.2) is 0 Å². The molecule has 1 aliphatic heterocycles. The van der Waals surface area contributed by atoms with Gasteiger partial charge in [-0.05, 0) is 12.8 Å². The number of nitrogens with one attached hydrogen (secondary N) is 1. The van der Waals surface area contributed by atoms with Crippen LogP contribution in [0.5, 0.6) is 0 Å². The standard InChI is InChI=1S/C11H19N3O2/c12-9-4-2-1-3-8(9)11(16)14-6-5-13-10(15)7-14/h8-9H,1-7,12H2,(H,13,15). The summed E-state index contributed by atoms with van der Waals surface area (Å²) in [5.41, 5.74) is 5.97. The summed E-state index contributed by atoms with van der Waals surface area (Å²) >= 11 is 0. The molecule has 0 aromatic heterocycles. The Morgan fingerprint density at radius 1 is 1.38 bits per heavy atom. The first kappa shape index (κ1) is 11.4. The zero-order valence-electron chi connectivity index (χ0n) is 9.45. The highest BCUT2D eigenvalue weighted by Gasteiger charge is 2.33. The molecule has 0 radical (unpaired) electrons. The predicted octanol–water partition coefficient (Wildman–Crippen LogP) is -0.538. The Labute approximate surface area is 95.3 Å². The van der Waals surface area contributed by atoms with Gasteiger partial charge in [0, 0.05) is 19.1 Å². The fraction of sp³-hybridized carbons (Fsp3) is 0.818. The van der Waals surface area contributed by atoms with E-state index in [0.29, 0.717) is 13.1 Å². The van der Waals surface area contributed by atoms with Crippen LogP contribution in [-0.2, 0) is 9.59 Å². The van der Waals surface area contributed by atoms with E-state index in [-0.39, 0.29) is 30.3 Å². The number of amides is 2. The third-order valence-corrected chi connectivity index (χ3v) is 3.49. The molecule has 2 rings (SSSR count). The van der Waals surface area contributed by atoms with E-state index < -0.39 is 0 Å². The summed E-state index contributed by atoms with van der Waals surface area (Å²) in [4.78, 5) is 25.0. The van der Waals surface area contributed by atoms with Crippen molar-refractivity contribution in [1.82, 2.24) is 10.2 Å². The second-order valence-corrected chi connectivity index (χ2v) is 4.66. The van der Waals surface area contributed by atoms with Gasteiger partial charge in [0.05, 0.1) is 12.5 Å². The average molecular weight is 225 g/mol. The van der Waals surface area contributed by atoms with E-state index >= 15 is 0 Å². The lowest BCUT2D eigenvalue weighted by molar-refractivity contribution is -0.142. The molecular weight excluding hydrogens is 206 g/mol. The molecule has 5 nitrogen and oxygen atoms in total. The summed E-state index contributed by atoms with van der Waals surface area (Å²) in [6.07, 6.45) is 3.99. The van der Waals surface area contributed by atoms with Crippen LogP contribution in [0, 0.1) is 5.92 Å². The molecule has 0 spiro atoms. The highest BCUT2D eigenvalue weighted by atomic mass is 16.2. The SMILES string of the molecule is NC1CCCCC1C(=O)N1CCNC(=O)C1. The summed E-state index contributed by atoms with van der Waals surface area (Å²) in [5, 5.41) is 2.72. The lowest BCUT2D eigenvalue weighted by Crippen LogP contribution is -2.54. The van der Waals surface area contributed by atoms with Crippen molar-refractivity contribution in [2.45, 2.75) is 31.7 Å². The van der Waals surface area contributed by atoms with Gasteiger partial charge in [-0.15, -0.1) is 0 Å². The molecular formula is C11H19N3O2. The quantitative estimate of drug-likeness (QED) is 0.629. The highest BCUT2D eigenvalue weighted by molar-refractivity contribution is 5.87. The second kappa shape index (κ2) is 4.82. The van der Waals surface area contributed by atoms with Gasteiger partial charge in [-0.3, -0.25) is 9.59 Å². The van der Waals surface area contributed by atoms with Crippen molar-refractivity contribution in [3.05, 3.63) is 0 Å². The topological polar surface area (TPSA) is 75.4 Å². The maximum atomic E-state index is 12.2. The van der Waals surface area contributed by atoms with Crippen molar-refractivity contribution in [2.75, 3.05) is 19.6 Å². The average Bonchev–Trinajstić information content (AvgIpc) is 2.29. The van der Waals surface area contributed by atoms with Gasteiger partial charge in [0.25, 0.3) is 0 Å². The smallest absolute Gasteiger partial charge is 0.239 e. The number of nitrogens with two attached hydrogens (primary N) is 1. The normalized spacial score (nSPS) is 31.1. The minimum atomic E-state index is -0.0698. The van der Waals surface area contributed by atoms with Crippen LogP contribution < -0.4 is 11.1 Å². The minimum absolute atomic E-state index is 0.0220. The van der Waals surface area contributed by atoms with Crippen molar-refractivity contribution in [3.8, 4) is 0 Å². The molecule has 2 aliphatic rings. The Balaban J connectivity index is 1.97. The van der Waals surface area contributed by atoms with E-state index in [4.69, 9.17) is 5.73 Å². The molecule has 90 valence electrons. The van der Waals surface area contributed by atoms with Gasteiger partial charge in [0.2, 0.25) is 11.8 Å². The number of hydrogen-bond donors (Lipinski definition) is 2. The molecule has 3 N–H and O–H groups in total. The Kier molecular flexibility index (Phi) is 3.43. The summed E-state index contributed by atoms with van der Waals surface area (Å²) in [6, 6.07) is -0.0220. The molecule has 1 heterocycles. The Hall–Kier alpha value is -1.10. The Morgan fingerprint density at radius 3 is 2.81 bits per heavy atom. The van der Waals surface area contributed by atoms with Crippen LogP contribution in [0.1, 0.15) is 25.7 Å². The number of hydrogen-bond acceptors (Lipinski definition) is 3. The van der Waals surface area contributed by atoms with Crippen LogP contribution in [0.4, 0.5) is 0 Å². The first-order valence-electron chi connectivity index (χ1n) is 5.99. The molecule has 0 aromatic rings. The van der Waals surface area contributed by atoms with Crippen LogP contribution in [0.25, 0.3) is 0 Å². The number of piperazine rings is 1. The molecule has 1 aliphatic carbocycles. The monoisotopic (exact) mass is 225 g/mol. The van der Waals surface area contributed by atoms with Crippen molar-refractivity contribution in [2.24, 2.45) is 11.7 Å². The Morgan fingerprint density at radius 2 is 2.12 bits per heavy atom. The van der Waals surface area contributed by atoms with Gasteiger partial charge in [0.1, 0.15) is 0 Å². The lowest BCUT2D eigenvalue weighted by Gasteiger charge is -2.34. The van der Waals surface area contributed by atoms with Gasteiger partial charge < -0.3 is 16.0 Å². The van der Waals surface area contributed by atoms with Crippen molar-refractivity contribution < 1.29 is 9.59 Å². The van der Waals surface area contributed by atoms with Gasteiger partial charge in [0.15, 0.2) is 0 Å². The summed E-state index contributed by atoms with van der Waals surface area (Å²) in [6.45, 7) is 1.38. The molecule has 0 bridgehead atoms. The van der Waals surface area contributed by atoms with Crippen LogP contribution >= 0.6 is 0 Å². The van der Waals surface area contributed by atoms with E-state index in [0.717, 1.165) is 25.7 Å². The van der Waals surface area contributed by atoms with E-state index in [1.807, 2.05) is 0 Å². The summed E-state index contributed by atoms with van der Waals surface area (Å²) < 4.78 is 0. The maximum absolute atomic E-state index is 12.2. The number of carbonyl (C=O) groups is 2. The van der Waals surface area contributed by atoms with Gasteiger partial charge >= 0.3 is 0 Å². The van der Waals surface area contributed by atoms with E-state index in [1.165, 1.54) is 0 Å². The molecule has 2 atom stereocenters. The fourth-order valence-corrected chi connectivity index (χ4v) is 2.53. The molecule has 2 amide bonds. The highest BCUT2D eigenvalue weighted by Crippen LogP contribution is 2.24. The largest absolute Gasteiger partial charge is 0.353 e. The molecule has 1 saturated carbocycles. The molecule has 0 aromatic carbocycles. The van der Waals surface area contributed by atoms with Crippen molar-refractivity contribution in [3.63, 3.8) is 0 Å². The molecule has 1 saturated heterocycles. The fourth-order valence-electron chi connectivity index (χ4n) is 2.53.